The highest BCUT2D eigenvalue weighted by Gasteiger charge is 2.12. The number of nitrogens with zero attached hydrogens (tertiary/aromatic N) is 2. The summed E-state index contributed by atoms with van der Waals surface area (Å²) in [6.45, 7) is 1.40. The fourth-order valence-corrected chi connectivity index (χ4v) is 3.43. The molecule has 0 radical (unpaired) electrons. The largest absolute Gasteiger partial charge is 0.492 e. The number of aromatic nitrogens is 2. The van der Waals surface area contributed by atoms with Gasteiger partial charge >= 0.3 is 0 Å². The number of aryl methyl sites for hydroxylation is 1. The molecule has 0 atom stereocenters. The lowest BCUT2D eigenvalue weighted by Crippen LogP contribution is -2.04. The van der Waals surface area contributed by atoms with Gasteiger partial charge in [0.2, 0.25) is 0 Å². The molecule has 0 aliphatic carbocycles. The van der Waals surface area contributed by atoms with E-state index in [-0.39, 0.29) is 5.82 Å². The molecule has 0 unspecified atom stereocenters. The average Bonchev–Trinajstić information content (AvgIpc) is 3.08. The third-order valence-corrected chi connectivity index (χ3v) is 4.94. The van der Waals surface area contributed by atoms with E-state index in [4.69, 9.17) is 21.3 Å². The molecule has 0 aliphatic rings. The molecule has 0 aliphatic heterocycles. The van der Waals surface area contributed by atoms with Crippen LogP contribution in [0.15, 0.2) is 72.8 Å². The van der Waals surface area contributed by atoms with Crippen molar-refractivity contribution < 1.29 is 9.13 Å². The second-order valence-electron chi connectivity index (χ2n) is 6.57. The Morgan fingerprint density at radius 1 is 0.893 bits per heavy atom. The highest BCUT2D eigenvalue weighted by molar-refractivity contribution is 6.32. The smallest absolute Gasteiger partial charge is 0.141 e. The molecule has 0 N–H and O–H groups in total. The lowest BCUT2D eigenvalue weighted by Gasteiger charge is -2.11. The van der Waals surface area contributed by atoms with E-state index in [0.717, 1.165) is 41.8 Å². The summed E-state index contributed by atoms with van der Waals surface area (Å²) in [5.41, 5.74) is 2.92. The van der Waals surface area contributed by atoms with Crippen molar-refractivity contribution >= 4 is 22.6 Å². The number of benzene rings is 3. The van der Waals surface area contributed by atoms with Crippen LogP contribution in [0, 0.1) is 5.82 Å². The molecule has 3 nitrogen and oxygen atoms in total. The number of unbranched alkanes of at least 4 members (excludes halogenated alkanes) is 1. The Balaban J connectivity index is 1.47. The lowest BCUT2D eigenvalue weighted by atomic mass is 10.2. The Labute approximate surface area is 168 Å². The second-order valence-corrected chi connectivity index (χ2v) is 6.98. The molecular formula is C23H20ClFN2O. The maximum atomic E-state index is 13.3. The van der Waals surface area contributed by atoms with Crippen molar-refractivity contribution in [2.45, 2.75) is 19.4 Å². The van der Waals surface area contributed by atoms with Crippen LogP contribution in [0.3, 0.4) is 0 Å². The molecule has 0 bridgehead atoms. The first-order chi connectivity index (χ1) is 13.7. The zero-order chi connectivity index (χ0) is 19.3. The first-order valence-corrected chi connectivity index (χ1v) is 9.69. The minimum atomic E-state index is -0.247. The Kier molecular flexibility index (Phi) is 5.58. The summed E-state index contributed by atoms with van der Waals surface area (Å²) in [6, 6.07) is 22.0. The SMILES string of the molecule is Fc1ccc(-c2nc3ccccc3n2CCCCOc2ccccc2Cl)cc1. The highest BCUT2D eigenvalue weighted by atomic mass is 35.5. The van der Waals surface area contributed by atoms with Crippen molar-refractivity contribution in [3.05, 3.63) is 83.6 Å². The van der Waals surface area contributed by atoms with Crippen LogP contribution in [-0.2, 0) is 6.54 Å². The van der Waals surface area contributed by atoms with E-state index in [2.05, 4.69) is 10.6 Å². The van der Waals surface area contributed by atoms with E-state index in [1.54, 1.807) is 12.1 Å². The summed E-state index contributed by atoms with van der Waals surface area (Å²) < 4.78 is 21.3. The van der Waals surface area contributed by atoms with Crippen LogP contribution >= 0.6 is 11.6 Å². The topological polar surface area (TPSA) is 27.1 Å². The Morgan fingerprint density at radius 2 is 1.64 bits per heavy atom. The van der Waals surface area contributed by atoms with Gasteiger partial charge in [-0.25, -0.2) is 9.37 Å². The van der Waals surface area contributed by atoms with Gasteiger partial charge in [0.05, 0.1) is 22.7 Å². The fourth-order valence-electron chi connectivity index (χ4n) is 3.24. The molecule has 0 saturated heterocycles. The zero-order valence-electron chi connectivity index (χ0n) is 15.3. The third-order valence-electron chi connectivity index (χ3n) is 4.63. The van der Waals surface area contributed by atoms with Crippen molar-refractivity contribution in [1.29, 1.82) is 0 Å². The molecule has 0 amide bonds. The van der Waals surface area contributed by atoms with E-state index in [0.29, 0.717) is 17.4 Å². The van der Waals surface area contributed by atoms with Gasteiger partial charge < -0.3 is 9.30 Å². The van der Waals surface area contributed by atoms with Crippen LogP contribution in [-0.4, -0.2) is 16.2 Å². The van der Waals surface area contributed by atoms with Gasteiger partial charge in [0.1, 0.15) is 17.4 Å². The molecule has 0 spiro atoms. The van der Waals surface area contributed by atoms with E-state index in [1.165, 1.54) is 12.1 Å². The number of fused-ring (bicyclic) bond motifs is 1. The van der Waals surface area contributed by atoms with Crippen LogP contribution in [0.25, 0.3) is 22.4 Å². The number of halogens is 2. The van der Waals surface area contributed by atoms with Gasteiger partial charge in [-0.3, -0.25) is 0 Å². The van der Waals surface area contributed by atoms with E-state index >= 15 is 0 Å². The number of hydrogen-bond acceptors (Lipinski definition) is 2. The molecule has 1 heterocycles. The monoisotopic (exact) mass is 394 g/mol. The molecular weight excluding hydrogens is 375 g/mol. The highest BCUT2D eigenvalue weighted by Crippen LogP contribution is 2.26. The molecule has 1 aromatic heterocycles. The van der Waals surface area contributed by atoms with Gasteiger partial charge in [0, 0.05) is 12.1 Å². The number of hydrogen-bond donors (Lipinski definition) is 0. The molecule has 142 valence electrons. The summed E-state index contributed by atoms with van der Waals surface area (Å²) in [5, 5.41) is 0.627. The first-order valence-electron chi connectivity index (χ1n) is 9.31. The number of imidazole rings is 1. The Bertz CT molecular complexity index is 1080. The van der Waals surface area contributed by atoms with Crippen molar-refractivity contribution in [2.24, 2.45) is 0 Å². The fraction of sp³-hybridized carbons (Fsp3) is 0.174. The predicted molar refractivity (Wildman–Crippen MR) is 111 cm³/mol. The van der Waals surface area contributed by atoms with Crippen molar-refractivity contribution in [3.8, 4) is 17.1 Å². The summed E-state index contributed by atoms with van der Waals surface area (Å²) >= 11 is 6.12. The van der Waals surface area contributed by atoms with Crippen LogP contribution < -0.4 is 4.74 Å². The van der Waals surface area contributed by atoms with Crippen molar-refractivity contribution in [2.75, 3.05) is 6.61 Å². The summed E-state index contributed by atoms with van der Waals surface area (Å²) in [5.74, 6) is 1.32. The van der Waals surface area contributed by atoms with Gasteiger partial charge in [0.15, 0.2) is 0 Å². The summed E-state index contributed by atoms with van der Waals surface area (Å²) in [6.07, 6.45) is 1.82. The van der Waals surface area contributed by atoms with Gasteiger partial charge in [-0.1, -0.05) is 35.9 Å². The predicted octanol–water partition coefficient (Wildman–Crippen LogP) is 6.36. The van der Waals surface area contributed by atoms with E-state index in [9.17, 15) is 4.39 Å². The number of ether oxygens (including phenoxy) is 1. The van der Waals surface area contributed by atoms with Crippen molar-refractivity contribution in [1.82, 2.24) is 9.55 Å². The third kappa shape index (κ3) is 4.02. The minimum absolute atomic E-state index is 0.247. The van der Waals surface area contributed by atoms with Gasteiger partial charge in [-0.05, 0) is 61.4 Å². The van der Waals surface area contributed by atoms with Gasteiger partial charge in [0.25, 0.3) is 0 Å². The normalized spacial score (nSPS) is 11.1. The molecule has 3 aromatic carbocycles. The molecule has 0 fully saturated rings. The average molecular weight is 395 g/mol. The molecule has 4 aromatic rings. The van der Waals surface area contributed by atoms with Crippen LogP contribution in [0.5, 0.6) is 5.75 Å². The Hall–Kier alpha value is -2.85. The maximum Gasteiger partial charge on any atom is 0.141 e. The van der Waals surface area contributed by atoms with E-state index < -0.39 is 0 Å². The molecule has 28 heavy (non-hydrogen) atoms. The molecule has 4 rings (SSSR count). The first kappa shape index (κ1) is 18.5. The molecule has 5 heteroatoms. The quantitative estimate of drug-likeness (QED) is 0.341. The summed E-state index contributed by atoms with van der Waals surface area (Å²) in [4.78, 5) is 4.76. The maximum absolute atomic E-state index is 13.3. The Morgan fingerprint density at radius 3 is 2.46 bits per heavy atom. The van der Waals surface area contributed by atoms with Gasteiger partial charge in [-0.2, -0.15) is 0 Å². The van der Waals surface area contributed by atoms with Crippen LogP contribution in [0.4, 0.5) is 4.39 Å². The van der Waals surface area contributed by atoms with Crippen LogP contribution in [0.1, 0.15) is 12.8 Å². The number of para-hydroxylation sites is 3. The standard InChI is InChI=1S/C23H20ClFN2O/c24-19-7-1-4-10-22(19)28-16-6-5-15-27-21-9-3-2-8-20(21)26-23(27)17-11-13-18(25)14-12-17/h1-4,7-14H,5-6,15-16H2. The summed E-state index contributed by atoms with van der Waals surface area (Å²) in [7, 11) is 0. The van der Waals surface area contributed by atoms with Crippen LogP contribution in [0.2, 0.25) is 5.02 Å². The van der Waals surface area contributed by atoms with Gasteiger partial charge in [-0.15, -0.1) is 0 Å². The number of rotatable bonds is 7. The lowest BCUT2D eigenvalue weighted by molar-refractivity contribution is 0.304. The zero-order valence-corrected chi connectivity index (χ0v) is 16.1. The second kappa shape index (κ2) is 8.44. The minimum Gasteiger partial charge on any atom is -0.492 e. The molecule has 0 saturated carbocycles. The van der Waals surface area contributed by atoms with E-state index in [1.807, 2.05) is 42.5 Å². The van der Waals surface area contributed by atoms with Crippen molar-refractivity contribution in [3.63, 3.8) is 0 Å².